The number of carbonyl (C=O) groups is 1. The first kappa shape index (κ1) is 11.9. The molecule has 0 radical (unpaired) electrons. The Kier molecular flexibility index (Phi) is 3.98. The van der Waals surface area contributed by atoms with Gasteiger partial charge in [-0.25, -0.2) is 0 Å². The number of phenols is 1. The lowest BCUT2D eigenvalue weighted by atomic mass is 10.1. The van der Waals surface area contributed by atoms with Crippen LogP contribution in [0.4, 0.5) is 0 Å². The summed E-state index contributed by atoms with van der Waals surface area (Å²) in [6.45, 7) is 1.68. The van der Waals surface area contributed by atoms with Gasteiger partial charge in [-0.1, -0.05) is 12.5 Å². The number of aromatic hydroxyl groups is 1. The van der Waals surface area contributed by atoms with E-state index in [4.69, 9.17) is 0 Å². The van der Waals surface area contributed by atoms with Gasteiger partial charge in [0.25, 0.3) is 5.91 Å². The smallest absolute Gasteiger partial charge is 0.251 e. The van der Waals surface area contributed by atoms with E-state index in [0.717, 1.165) is 13.0 Å². The molecular weight excluding hydrogens is 216 g/mol. The van der Waals surface area contributed by atoms with E-state index in [1.807, 2.05) is 0 Å². The second kappa shape index (κ2) is 5.68. The third-order valence-electron chi connectivity index (χ3n) is 3.03. The van der Waals surface area contributed by atoms with Crippen molar-refractivity contribution in [3.8, 4) is 5.75 Å². The van der Waals surface area contributed by atoms with Gasteiger partial charge in [0.05, 0.1) is 0 Å². The molecule has 92 valence electrons. The summed E-state index contributed by atoms with van der Waals surface area (Å²) in [7, 11) is 0. The summed E-state index contributed by atoms with van der Waals surface area (Å²) in [5.74, 6) is -0.0123. The van der Waals surface area contributed by atoms with Crippen LogP contribution < -0.4 is 10.6 Å². The first-order valence-electron chi connectivity index (χ1n) is 6.06. The fraction of sp³-hybridized carbons (Fsp3) is 0.462. The van der Waals surface area contributed by atoms with E-state index in [1.165, 1.54) is 18.9 Å². The molecule has 4 heteroatoms. The highest BCUT2D eigenvalue weighted by Crippen LogP contribution is 2.11. The standard InChI is InChI=1S/C13H18N2O2/c16-12-6-3-4-10(8-12)13(17)15-9-11-5-1-2-7-14-11/h3-4,6,8,11,14,16H,1-2,5,7,9H2,(H,15,17)/t11-/m0/s1. The molecule has 0 unspecified atom stereocenters. The molecule has 0 spiro atoms. The molecular formula is C13H18N2O2. The predicted octanol–water partition coefficient (Wildman–Crippen LogP) is 1.26. The molecule has 0 aromatic heterocycles. The average Bonchev–Trinajstić information content (AvgIpc) is 2.37. The van der Waals surface area contributed by atoms with Gasteiger partial charge in [0.2, 0.25) is 0 Å². The van der Waals surface area contributed by atoms with E-state index in [0.29, 0.717) is 18.2 Å². The van der Waals surface area contributed by atoms with Crippen molar-refractivity contribution >= 4 is 5.91 Å². The number of hydrogen-bond acceptors (Lipinski definition) is 3. The first-order valence-corrected chi connectivity index (χ1v) is 6.06. The summed E-state index contributed by atoms with van der Waals surface area (Å²) < 4.78 is 0. The molecule has 1 atom stereocenters. The summed E-state index contributed by atoms with van der Waals surface area (Å²) in [4.78, 5) is 11.8. The van der Waals surface area contributed by atoms with Gasteiger partial charge in [0, 0.05) is 18.2 Å². The van der Waals surface area contributed by atoms with Crippen LogP contribution in [0.1, 0.15) is 29.6 Å². The van der Waals surface area contributed by atoms with Gasteiger partial charge in [-0.05, 0) is 37.6 Å². The van der Waals surface area contributed by atoms with Gasteiger partial charge in [0.1, 0.15) is 5.75 Å². The highest BCUT2D eigenvalue weighted by molar-refractivity contribution is 5.94. The lowest BCUT2D eigenvalue weighted by Crippen LogP contribution is -2.43. The Morgan fingerprint density at radius 2 is 2.35 bits per heavy atom. The summed E-state index contributed by atoms with van der Waals surface area (Å²) >= 11 is 0. The number of benzene rings is 1. The van der Waals surface area contributed by atoms with Crippen LogP contribution in [0, 0.1) is 0 Å². The zero-order valence-electron chi connectivity index (χ0n) is 9.78. The topological polar surface area (TPSA) is 61.4 Å². The quantitative estimate of drug-likeness (QED) is 0.738. The van der Waals surface area contributed by atoms with E-state index < -0.39 is 0 Å². The van der Waals surface area contributed by atoms with Crippen LogP contribution >= 0.6 is 0 Å². The first-order chi connectivity index (χ1) is 8.25. The largest absolute Gasteiger partial charge is 0.508 e. The van der Waals surface area contributed by atoms with E-state index in [9.17, 15) is 9.90 Å². The SMILES string of the molecule is O=C(NC[C@@H]1CCCCN1)c1cccc(O)c1. The normalized spacial score (nSPS) is 19.9. The summed E-state index contributed by atoms with van der Waals surface area (Å²) in [5, 5.41) is 15.5. The maximum Gasteiger partial charge on any atom is 0.251 e. The van der Waals surface area contributed by atoms with Gasteiger partial charge >= 0.3 is 0 Å². The number of phenolic OH excluding ortho intramolecular Hbond substituents is 1. The number of amides is 1. The van der Waals surface area contributed by atoms with Crippen molar-refractivity contribution in [2.75, 3.05) is 13.1 Å². The summed E-state index contributed by atoms with van der Waals surface area (Å²) in [6.07, 6.45) is 3.55. The molecule has 2 rings (SSSR count). The van der Waals surface area contributed by atoms with Crippen LogP contribution in [0.5, 0.6) is 5.75 Å². The van der Waals surface area contributed by atoms with Crippen LogP contribution in [0.15, 0.2) is 24.3 Å². The van der Waals surface area contributed by atoms with Crippen molar-refractivity contribution in [3.05, 3.63) is 29.8 Å². The van der Waals surface area contributed by atoms with Gasteiger partial charge in [-0.3, -0.25) is 4.79 Å². The van der Waals surface area contributed by atoms with Crippen LogP contribution in [-0.4, -0.2) is 30.1 Å². The minimum Gasteiger partial charge on any atom is -0.508 e. The zero-order chi connectivity index (χ0) is 12.1. The van der Waals surface area contributed by atoms with Crippen LogP contribution in [0.3, 0.4) is 0 Å². The molecule has 1 aliphatic heterocycles. The van der Waals surface area contributed by atoms with Gasteiger partial charge in [0.15, 0.2) is 0 Å². The molecule has 1 aromatic rings. The second-order valence-electron chi connectivity index (χ2n) is 4.41. The van der Waals surface area contributed by atoms with E-state index in [2.05, 4.69) is 10.6 Å². The molecule has 1 aromatic carbocycles. The van der Waals surface area contributed by atoms with Gasteiger partial charge in [-0.2, -0.15) is 0 Å². The predicted molar refractivity (Wildman–Crippen MR) is 66.1 cm³/mol. The van der Waals surface area contributed by atoms with Crippen molar-refractivity contribution in [2.45, 2.75) is 25.3 Å². The third-order valence-corrected chi connectivity index (χ3v) is 3.03. The van der Waals surface area contributed by atoms with E-state index >= 15 is 0 Å². The molecule has 0 bridgehead atoms. The van der Waals surface area contributed by atoms with E-state index in [-0.39, 0.29) is 11.7 Å². The van der Waals surface area contributed by atoms with Gasteiger partial charge in [-0.15, -0.1) is 0 Å². The Morgan fingerprint density at radius 1 is 1.47 bits per heavy atom. The molecule has 1 amide bonds. The molecule has 1 fully saturated rings. The highest BCUT2D eigenvalue weighted by atomic mass is 16.3. The number of nitrogens with one attached hydrogen (secondary N) is 2. The molecule has 0 saturated carbocycles. The maximum atomic E-state index is 11.8. The molecule has 3 N–H and O–H groups in total. The van der Waals surface area contributed by atoms with Crippen molar-refractivity contribution in [1.29, 1.82) is 0 Å². The monoisotopic (exact) mass is 234 g/mol. The number of carbonyl (C=O) groups excluding carboxylic acids is 1. The minimum atomic E-state index is -0.131. The Morgan fingerprint density at radius 3 is 3.06 bits per heavy atom. The highest BCUT2D eigenvalue weighted by Gasteiger charge is 2.14. The number of rotatable bonds is 3. The molecule has 17 heavy (non-hydrogen) atoms. The molecule has 1 saturated heterocycles. The lowest BCUT2D eigenvalue weighted by Gasteiger charge is -2.23. The van der Waals surface area contributed by atoms with Gasteiger partial charge < -0.3 is 15.7 Å². The number of piperidine rings is 1. The van der Waals surface area contributed by atoms with Crippen molar-refractivity contribution < 1.29 is 9.90 Å². The minimum absolute atomic E-state index is 0.119. The van der Waals surface area contributed by atoms with Crippen molar-refractivity contribution in [2.24, 2.45) is 0 Å². The summed E-state index contributed by atoms with van der Waals surface area (Å²) in [5.41, 5.74) is 0.501. The fourth-order valence-electron chi connectivity index (χ4n) is 2.06. The molecule has 1 aliphatic rings. The Labute approximate surface area is 101 Å². The fourth-order valence-corrected chi connectivity index (χ4v) is 2.06. The number of hydrogen-bond donors (Lipinski definition) is 3. The Hall–Kier alpha value is -1.55. The lowest BCUT2D eigenvalue weighted by molar-refractivity contribution is 0.0947. The van der Waals surface area contributed by atoms with Crippen molar-refractivity contribution in [1.82, 2.24) is 10.6 Å². The summed E-state index contributed by atoms with van der Waals surface area (Å²) in [6, 6.07) is 6.78. The molecule has 1 heterocycles. The van der Waals surface area contributed by atoms with Crippen molar-refractivity contribution in [3.63, 3.8) is 0 Å². The van der Waals surface area contributed by atoms with Crippen LogP contribution in [0.25, 0.3) is 0 Å². The average molecular weight is 234 g/mol. The Bertz CT molecular complexity index is 387. The maximum absolute atomic E-state index is 11.8. The third kappa shape index (κ3) is 3.46. The molecule has 4 nitrogen and oxygen atoms in total. The zero-order valence-corrected chi connectivity index (χ0v) is 9.78. The van der Waals surface area contributed by atoms with E-state index in [1.54, 1.807) is 18.2 Å². The molecule has 0 aliphatic carbocycles. The Balaban J connectivity index is 1.84. The van der Waals surface area contributed by atoms with Crippen LogP contribution in [-0.2, 0) is 0 Å². The van der Waals surface area contributed by atoms with Crippen LogP contribution in [0.2, 0.25) is 0 Å². The second-order valence-corrected chi connectivity index (χ2v) is 4.41.